The van der Waals surface area contributed by atoms with Crippen molar-refractivity contribution in [2.24, 2.45) is 0 Å². The zero-order valence-corrected chi connectivity index (χ0v) is 9.84. The van der Waals surface area contributed by atoms with Gasteiger partial charge >= 0.3 is 6.61 Å². The van der Waals surface area contributed by atoms with Crippen LogP contribution in [0.25, 0.3) is 0 Å². The van der Waals surface area contributed by atoms with Gasteiger partial charge in [-0.1, -0.05) is 6.92 Å². The number of Topliss-reactive ketones (excluding diaryl/α,β-unsaturated/α-hetero) is 1. The van der Waals surface area contributed by atoms with Gasteiger partial charge in [0.05, 0.1) is 5.56 Å². The van der Waals surface area contributed by atoms with Gasteiger partial charge < -0.3 is 4.74 Å². The number of ether oxygens (including phenoxy) is 1. The molecule has 100 valence electrons. The molecule has 0 saturated carbocycles. The predicted molar refractivity (Wildman–Crippen MR) is 57.4 cm³/mol. The highest BCUT2D eigenvalue weighted by Gasteiger charge is 2.20. The van der Waals surface area contributed by atoms with E-state index in [0.29, 0.717) is 0 Å². The molecule has 1 aromatic carbocycles. The first kappa shape index (κ1) is 14.5. The lowest BCUT2D eigenvalue weighted by Gasteiger charge is -2.15. The number of carbonyl (C=O) groups excluding carboxylic acids is 1. The van der Waals surface area contributed by atoms with Gasteiger partial charge in [-0.05, 0) is 31.0 Å². The van der Waals surface area contributed by atoms with Crippen molar-refractivity contribution in [3.05, 3.63) is 28.8 Å². The maximum atomic E-state index is 12.6. The van der Waals surface area contributed by atoms with E-state index in [9.17, 15) is 22.4 Å². The minimum Gasteiger partial charge on any atom is -0.434 e. The Morgan fingerprint density at radius 2 is 1.89 bits per heavy atom. The van der Waals surface area contributed by atoms with Crippen LogP contribution in [0.5, 0.6) is 5.75 Å². The molecular formula is C12H12F4O2. The van der Waals surface area contributed by atoms with Crippen molar-refractivity contribution < 1.29 is 27.1 Å². The van der Waals surface area contributed by atoms with Gasteiger partial charge in [-0.2, -0.15) is 8.78 Å². The van der Waals surface area contributed by atoms with Gasteiger partial charge in [0.2, 0.25) is 0 Å². The second kappa shape index (κ2) is 5.84. The van der Waals surface area contributed by atoms with E-state index in [4.69, 9.17) is 0 Å². The molecule has 0 spiro atoms. The molecule has 0 aliphatic carbocycles. The molecule has 0 fully saturated rings. The number of hydrogen-bond donors (Lipinski definition) is 0. The predicted octanol–water partition coefficient (Wildman–Crippen LogP) is 3.99. The quantitative estimate of drug-likeness (QED) is 0.593. The first-order chi connectivity index (χ1) is 8.36. The Balaban J connectivity index is 3.41. The third-order valence-electron chi connectivity index (χ3n) is 2.41. The van der Waals surface area contributed by atoms with E-state index in [0.717, 1.165) is 19.1 Å². The molecule has 0 heterocycles. The lowest BCUT2D eigenvalue weighted by molar-refractivity contribution is -0.0507. The monoisotopic (exact) mass is 264 g/mol. The molecule has 0 amide bonds. The largest absolute Gasteiger partial charge is 0.434 e. The van der Waals surface area contributed by atoms with Gasteiger partial charge in [0.25, 0.3) is 6.43 Å². The summed E-state index contributed by atoms with van der Waals surface area (Å²) in [5.74, 6) is -0.910. The van der Waals surface area contributed by atoms with Crippen LogP contribution in [0.4, 0.5) is 17.6 Å². The van der Waals surface area contributed by atoms with Gasteiger partial charge in [-0.15, -0.1) is 0 Å². The van der Waals surface area contributed by atoms with Crippen LogP contribution < -0.4 is 4.74 Å². The average Bonchev–Trinajstić information content (AvgIpc) is 2.27. The van der Waals surface area contributed by atoms with Crippen molar-refractivity contribution in [1.82, 2.24) is 0 Å². The SMILES string of the molecule is CCc1cc(C(F)F)cc(C(C)=O)c1OC(F)F. The topological polar surface area (TPSA) is 26.3 Å². The van der Waals surface area contributed by atoms with Crippen LogP contribution in [0, 0.1) is 0 Å². The van der Waals surface area contributed by atoms with E-state index < -0.39 is 18.8 Å². The lowest BCUT2D eigenvalue weighted by atomic mass is 10.00. The molecule has 0 saturated heterocycles. The summed E-state index contributed by atoms with van der Waals surface area (Å²) in [7, 11) is 0. The van der Waals surface area contributed by atoms with Gasteiger partial charge in [0.1, 0.15) is 5.75 Å². The number of aryl methyl sites for hydroxylation is 1. The van der Waals surface area contributed by atoms with Crippen LogP contribution in [0.15, 0.2) is 12.1 Å². The third kappa shape index (κ3) is 3.21. The van der Waals surface area contributed by atoms with Crippen molar-refractivity contribution in [3.8, 4) is 5.75 Å². The summed E-state index contributed by atoms with van der Waals surface area (Å²) in [5.41, 5.74) is -0.457. The van der Waals surface area contributed by atoms with Crippen molar-refractivity contribution in [3.63, 3.8) is 0 Å². The fourth-order valence-corrected chi connectivity index (χ4v) is 1.59. The summed E-state index contributed by atoms with van der Waals surface area (Å²) in [6, 6.07) is 1.97. The van der Waals surface area contributed by atoms with Crippen molar-refractivity contribution in [2.75, 3.05) is 0 Å². The van der Waals surface area contributed by atoms with E-state index in [2.05, 4.69) is 4.74 Å². The number of alkyl halides is 4. The number of rotatable bonds is 5. The summed E-state index contributed by atoms with van der Waals surface area (Å²) in [5, 5.41) is 0. The smallest absolute Gasteiger partial charge is 0.387 e. The van der Waals surface area contributed by atoms with Crippen molar-refractivity contribution >= 4 is 5.78 Å². The maximum absolute atomic E-state index is 12.6. The zero-order valence-electron chi connectivity index (χ0n) is 9.84. The summed E-state index contributed by atoms with van der Waals surface area (Å²) in [6.07, 6.45) is -2.56. The van der Waals surface area contributed by atoms with E-state index in [-0.39, 0.29) is 28.9 Å². The van der Waals surface area contributed by atoms with E-state index >= 15 is 0 Å². The molecule has 6 heteroatoms. The highest BCUT2D eigenvalue weighted by atomic mass is 19.3. The molecule has 0 atom stereocenters. The van der Waals surface area contributed by atoms with Crippen molar-refractivity contribution in [1.29, 1.82) is 0 Å². The Labute approximate surface area is 102 Å². The Kier molecular flexibility index (Phi) is 4.69. The number of benzene rings is 1. The molecule has 0 unspecified atom stereocenters. The summed E-state index contributed by atoms with van der Waals surface area (Å²) in [4.78, 5) is 11.3. The maximum Gasteiger partial charge on any atom is 0.387 e. The van der Waals surface area contributed by atoms with Crippen LogP contribution >= 0.6 is 0 Å². The lowest BCUT2D eigenvalue weighted by Crippen LogP contribution is -2.10. The molecule has 0 aliphatic heterocycles. The number of carbonyl (C=O) groups is 1. The van der Waals surface area contributed by atoms with E-state index in [1.165, 1.54) is 0 Å². The Morgan fingerprint density at radius 3 is 2.28 bits per heavy atom. The molecular weight excluding hydrogens is 252 g/mol. The fourth-order valence-electron chi connectivity index (χ4n) is 1.59. The second-order valence-electron chi connectivity index (χ2n) is 3.65. The number of hydrogen-bond acceptors (Lipinski definition) is 2. The highest BCUT2D eigenvalue weighted by Crippen LogP contribution is 2.32. The molecule has 0 aliphatic rings. The van der Waals surface area contributed by atoms with Crippen LogP contribution in [-0.4, -0.2) is 12.4 Å². The molecule has 0 aromatic heterocycles. The summed E-state index contributed by atoms with van der Waals surface area (Å²) in [6.45, 7) is -0.388. The fraction of sp³-hybridized carbons (Fsp3) is 0.417. The van der Waals surface area contributed by atoms with Crippen molar-refractivity contribution in [2.45, 2.75) is 33.3 Å². The molecule has 2 nitrogen and oxygen atoms in total. The average molecular weight is 264 g/mol. The Hall–Kier alpha value is -1.59. The minimum atomic E-state index is -3.11. The zero-order chi connectivity index (χ0) is 13.9. The van der Waals surface area contributed by atoms with E-state index in [1.807, 2.05) is 0 Å². The second-order valence-corrected chi connectivity index (χ2v) is 3.65. The third-order valence-corrected chi connectivity index (χ3v) is 2.41. The first-order valence-corrected chi connectivity index (χ1v) is 5.27. The number of halogens is 4. The van der Waals surface area contributed by atoms with Crippen LogP contribution in [0.3, 0.4) is 0 Å². The molecule has 0 bridgehead atoms. The van der Waals surface area contributed by atoms with Gasteiger partial charge in [0, 0.05) is 5.56 Å². The highest BCUT2D eigenvalue weighted by molar-refractivity contribution is 5.97. The normalized spacial score (nSPS) is 11.1. The summed E-state index contributed by atoms with van der Waals surface area (Å²) < 4.78 is 54.0. The van der Waals surface area contributed by atoms with Crippen LogP contribution in [-0.2, 0) is 6.42 Å². The Bertz CT molecular complexity index is 444. The number of ketones is 1. The van der Waals surface area contributed by atoms with Crippen LogP contribution in [0.2, 0.25) is 0 Å². The first-order valence-electron chi connectivity index (χ1n) is 5.27. The molecule has 0 radical (unpaired) electrons. The van der Waals surface area contributed by atoms with Crippen LogP contribution in [0.1, 0.15) is 41.8 Å². The van der Waals surface area contributed by atoms with E-state index in [1.54, 1.807) is 6.92 Å². The van der Waals surface area contributed by atoms with Gasteiger partial charge in [-0.25, -0.2) is 8.78 Å². The molecule has 1 aromatic rings. The minimum absolute atomic E-state index is 0.165. The molecule has 1 rings (SSSR count). The standard InChI is InChI=1S/C12H12F4O2/c1-3-7-4-8(11(13)14)5-9(6(2)17)10(7)18-12(15)16/h4-5,11-12H,3H2,1-2H3. The summed E-state index contributed by atoms with van der Waals surface area (Å²) >= 11 is 0. The molecule has 0 N–H and O–H groups in total. The molecule has 18 heavy (non-hydrogen) atoms. The van der Waals surface area contributed by atoms with Gasteiger partial charge in [-0.3, -0.25) is 4.79 Å². The van der Waals surface area contributed by atoms with Gasteiger partial charge in [0.15, 0.2) is 5.78 Å². The Morgan fingerprint density at radius 1 is 1.28 bits per heavy atom.